The van der Waals surface area contributed by atoms with Crippen LogP contribution < -0.4 is 4.74 Å². The molecule has 1 atom stereocenters. The quantitative estimate of drug-likeness (QED) is 0.524. The minimum atomic E-state index is 0.640. The van der Waals surface area contributed by atoms with Gasteiger partial charge in [-0.05, 0) is 85.9 Å². The maximum atomic E-state index is 5.48. The van der Waals surface area contributed by atoms with Crippen LogP contribution in [0.15, 0.2) is 60.2 Å². The van der Waals surface area contributed by atoms with Gasteiger partial charge in [-0.15, -0.1) is 0 Å². The van der Waals surface area contributed by atoms with Crippen molar-refractivity contribution in [1.82, 2.24) is 0 Å². The van der Waals surface area contributed by atoms with Crippen molar-refractivity contribution in [3.63, 3.8) is 0 Å². The summed E-state index contributed by atoms with van der Waals surface area (Å²) in [6.07, 6.45) is 9.44. The van der Waals surface area contributed by atoms with Gasteiger partial charge < -0.3 is 4.74 Å². The van der Waals surface area contributed by atoms with Crippen LogP contribution >= 0.6 is 0 Å². The molecule has 0 saturated heterocycles. The Morgan fingerprint density at radius 1 is 0.963 bits per heavy atom. The Morgan fingerprint density at radius 3 is 2.37 bits per heavy atom. The Kier molecular flexibility index (Phi) is 7.17. The van der Waals surface area contributed by atoms with Crippen LogP contribution in [-0.4, -0.2) is 6.61 Å². The molecule has 0 fully saturated rings. The molecule has 1 nitrogen and oxygen atoms in total. The maximum Gasteiger partial charge on any atom is 0.119 e. The van der Waals surface area contributed by atoms with E-state index < -0.39 is 0 Å². The second kappa shape index (κ2) is 10.0. The van der Waals surface area contributed by atoms with Gasteiger partial charge in [-0.2, -0.15) is 0 Å². The molecule has 0 aromatic heterocycles. The van der Waals surface area contributed by atoms with Crippen molar-refractivity contribution in [3.05, 3.63) is 76.9 Å². The fourth-order valence-electron chi connectivity index (χ4n) is 3.54. The van der Waals surface area contributed by atoms with E-state index in [9.17, 15) is 0 Å². The third-order valence-corrected chi connectivity index (χ3v) is 5.21. The van der Waals surface area contributed by atoms with Crippen molar-refractivity contribution in [2.24, 2.45) is 0 Å². The Hall–Kier alpha value is -2.46. The van der Waals surface area contributed by atoms with E-state index in [4.69, 9.17) is 4.74 Å². The molecule has 3 rings (SSSR count). The molecule has 0 bridgehead atoms. The minimum absolute atomic E-state index is 0.640. The van der Waals surface area contributed by atoms with Crippen LogP contribution in [0.25, 0.3) is 0 Å². The van der Waals surface area contributed by atoms with Gasteiger partial charge in [0.15, 0.2) is 0 Å². The van der Waals surface area contributed by atoms with Gasteiger partial charge in [0.2, 0.25) is 0 Å². The van der Waals surface area contributed by atoms with Crippen molar-refractivity contribution in [2.45, 2.75) is 58.3 Å². The number of hydrogen-bond donors (Lipinski definition) is 0. The lowest BCUT2D eigenvalue weighted by atomic mass is 9.84. The summed E-state index contributed by atoms with van der Waals surface area (Å²) in [6, 6.07) is 17.3. The molecule has 1 heteroatoms. The molecule has 0 aliphatic heterocycles. The molecule has 27 heavy (non-hydrogen) atoms. The highest BCUT2D eigenvalue weighted by Gasteiger charge is 2.15. The predicted octanol–water partition coefficient (Wildman–Crippen LogP) is 6.67. The van der Waals surface area contributed by atoms with Gasteiger partial charge in [-0.25, -0.2) is 0 Å². The Morgan fingerprint density at radius 2 is 1.74 bits per heavy atom. The van der Waals surface area contributed by atoms with Gasteiger partial charge in [0, 0.05) is 5.56 Å². The van der Waals surface area contributed by atoms with Crippen molar-refractivity contribution < 1.29 is 4.74 Å². The van der Waals surface area contributed by atoms with Gasteiger partial charge in [0.25, 0.3) is 0 Å². The van der Waals surface area contributed by atoms with E-state index in [1.54, 1.807) is 0 Å². The highest BCUT2D eigenvalue weighted by molar-refractivity contribution is 5.43. The summed E-state index contributed by atoms with van der Waals surface area (Å²) >= 11 is 0. The van der Waals surface area contributed by atoms with Crippen LogP contribution in [0.3, 0.4) is 0 Å². The van der Waals surface area contributed by atoms with Crippen LogP contribution in [0.1, 0.15) is 68.6 Å². The highest BCUT2D eigenvalue weighted by atomic mass is 16.5. The summed E-state index contributed by atoms with van der Waals surface area (Å²) in [4.78, 5) is 0. The van der Waals surface area contributed by atoms with Crippen molar-refractivity contribution >= 4 is 0 Å². The van der Waals surface area contributed by atoms with Crippen LogP contribution in [0, 0.1) is 11.8 Å². The fraction of sp³-hybridized carbons (Fsp3) is 0.385. The molecule has 0 radical (unpaired) electrons. The van der Waals surface area contributed by atoms with Crippen LogP contribution in [0.4, 0.5) is 0 Å². The van der Waals surface area contributed by atoms with Gasteiger partial charge in [0.1, 0.15) is 5.75 Å². The van der Waals surface area contributed by atoms with Gasteiger partial charge in [-0.3, -0.25) is 0 Å². The average molecular weight is 359 g/mol. The molecule has 1 aliphatic rings. The smallest absolute Gasteiger partial charge is 0.119 e. The molecule has 0 heterocycles. The standard InChI is InChI=1S/C26H30O/c1-3-5-6-21-9-15-24(16-10-21)25-17-11-22(12-18-25)7-8-23-13-19-26(20-14-23)27-4-2/h9-11,13-16,19-20,25H,3-6,12,17-18H2,1-2H3. The van der Waals surface area contributed by atoms with E-state index in [1.165, 1.54) is 42.4 Å². The molecular weight excluding hydrogens is 328 g/mol. The minimum Gasteiger partial charge on any atom is -0.494 e. The predicted molar refractivity (Wildman–Crippen MR) is 114 cm³/mol. The number of ether oxygens (including phenoxy) is 1. The van der Waals surface area contributed by atoms with Crippen LogP contribution in [0.5, 0.6) is 5.75 Å². The van der Waals surface area contributed by atoms with Gasteiger partial charge >= 0.3 is 0 Å². The highest BCUT2D eigenvalue weighted by Crippen LogP contribution is 2.32. The Bertz CT molecular complexity index is 800. The first-order valence-electron chi connectivity index (χ1n) is 10.3. The lowest BCUT2D eigenvalue weighted by molar-refractivity contribution is 0.340. The summed E-state index contributed by atoms with van der Waals surface area (Å²) in [5.74, 6) is 8.20. The molecule has 0 saturated carbocycles. The zero-order chi connectivity index (χ0) is 18.9. The van der Waals surface area contributed by atoms with Crippen molar-refractivity contribution in [3.8, 4) is 17.6 Å². The second-order valence-corrected chi connectivity index (χ2v) is 7.25. The molecule has 2 aromatic rings. The molecule has 1 unspecified atom stereocenters. The van der Waals surface area contributed by atoms with E-state index in [0.717, 1.165) is 24.2 Å². The molecule has 0 amide bonds. The number of rotatable bonds is 6. The molecule has 2 aromatic carbocycles. The summed E-state index contributed by atoms with van der Waals surface area (Å²) in [7, 11) is 0. The number of unbranched alkanes of at least 4 members (excludes halogenated alkanes) is 1. The van der Waals surface area contributed by atoms with Crippen molar-refractivity contribution in [2.75, 3.05) is 6.61 Å². The van der Waals surface area contributed by atoms with Crippen LogP contribution in [-0.2, 0) is 6.42 Å². The Balaban J connectivity index is 1.57. The number of benzene rings is 2. The molecule has 0 N–H and O–H groups in total. The van der Waals surface area contributed by atoms with E-state index >= 15 is 0 Å². The molecule has 1 aliphatic carbocycles. The number of hydrogen-bond acceptors (Lipinski definition) is 1. The first kappa shape index (κ1) is 19.3. The first-order valence-corrected chi connectivity index (χ1v) is 10.3. The Labute approximate surface area is 164 Å². The number of aryl methyl sites for hydroxylation is 1. The van der Waals surface area contributed by atoms with Gasteiger partial charge in [0.05, 0.1) is 6.61 Å². The van der Waals surface area contributed by atoms with E-state index in [-0.39, 0.29) is 0 Å². The van der Waals surface area contributed by atoms with E-state index in [1.807, 2.05) is 31.2 Å². The maximum absolute atomic E-state index is 5.48. The summed E-state index contributed by atoms with van der Waals surface area (Å²) in [6.45, 7) is 4.94. The lowest BCUT2D eigenvalue weighted by Gasteiger charge is -2.20. The fourth-order valence-corrected chi connectivity index (χ4v) is 3.54. The molecule has 140 valence electrons. The summed E-state index contributed by atoms with van der Waals surface area (Å²) in [5.41, 5.74) is 5.27. The van der Waals surface area contributed by atoms with Gasteiger partial charge in [-0.1, -0.05) is 55.5 Å². The molecular formula is C26H30O. The lowest BCUT2D eigenvalue weighted by Crippen LogP contribution is -2.04. The monoisotopic (exact) mass is 358 g/mol. The molecule has 0 spiro atoms. The summed E-state index contributed by atoms with van der Waals surface area (Å²) < 4.78 is 5.48. The third kappa shape index (κ3) is 5.76. The zero-order valence-corrected chi connectivity index (χ0v) is 16.6. The second-order valence-electron chi connectivity index (χ2n) is 7.25. The largest absolute Gasteiger partial charge is 0.494 e. The number of allylic oxidation sites excluding steroid dienone is 2. The normalized spacial score (nSPS) is 16.2. The summed E-state index contributed by atoms with van der Waals surface area (Å²) in [5, 5.41) is 0. The zero-order valence-electron chi connectivity index (χ0n) is 16.6. The van der Waals surface area contributed by atoms with E-state index in [2.05, 4.69) is 49.1 Å². The van der Waals surface area contributed by atoms with E-state index in [0.29, 0.717) is 12.5 Å². The average Bonchev–Trinajstić information content (AvgIpc) is 2.73. The first-order chi connectivity index (χ1) is 13.3. The van der Waals surface area contributed by atoms with Crippen LogP contribution in [0.2, 0.25) is 0 Å². The van der Waals surface area contributed by atoms with Crippen molar-refractivity contribution in [1.29, 1.82) is 0 Å². The topological polar surface area (TPSA) is 9.23 Å². The third-order valence-electron chi connectivity index (χ3n) is 5.21. The SMILES string of the molecule is CCCCc1ccc(C2CC=C(C#Cc3ccc(OCC)cc3)CC2)cc1.